The topological polar surface area (TPSA) is 49.6 Å². The Kier molecular flexibility index (Phi) is 4.70. The fourth-order valence-corrected chi connectivity index (χ4v) is 1.83. The van der Waals surface area contributed by atoms with Crippen molar-refractivity contribution in [2.75, 3.05) is 39.8 Å². The van der Waals surface area contributed by atoms with Gasteiger partial charge in [0.15, 0.2) is 5.78 Å². The molecule has 1 rings (SSSR count). The fourth-order valence-electron chi connectivity index (χ4n) is 1.83. The van der Waals surface area contributed by atoms with E-state index in [9.17, 15) is 4.79 Å². The molecule has 0 radical (unpaired) electrons. The van der Waals surface area contributed by atoms with Gasteiger partial charge >= 0.3 is 0 Å². The van der Waals surface area contributed by atoms with E-state index in [4.69, 9.17) is 5.73 Å². The molecule has 4 nitrogen and oxygen atoms in total. The standard InChI is InChI=1S/C11H23N3O/c1-9(2)11(15)10(12)8-14-6-4-13(3)5-7-14/h9-10H,4-8,12H2,1-3H3. The first-order valence-corrected chi connectivity index (χ1v) is 5.71. The Bertz CT molecular complexity index is 210. The van der Waals surface area contributed by atoms with Crippen molar-refractivity contribution in [3.63, 3.8) is 0 Å². The Morgan fingerprint density at radius 3 is 2.27 bits per heavy atom. The maximum Gasteiger partial charge on any atom is 0.153 e. The Hall–Kier alpha value is -0.450. The zero-order chi connectivity index (χ0) is 11.4. The third-order valence-electron chi connectivity index (χ3n) is 2.99. The minimum atomic E-state index is -0.312. The van der Waals surface area contributed by atoms with Crippen LogP contribution in [0.3, 0.4) is 0 Å². The predicted molar refractivity (Wildman–Crippen MR) is 61.8 cm³/mol. The summed E-state index contributed by atoms with van der Waals surface area (Å²) >= 11 is 0. The largest absolute Gasteiger partial charge is 0.320 e. The van der Waals surface area contributed by atoms with Crippen molar-refractivity contribution in [3.8, 4) is 0 Å². The van der Waals surface area contributed by atoms with Crippen LogP contribution in [0.5, 0.6) is 0 Å². The Morgan fingerprint density at radius 2 is 1.80 bits per heavy atom. The molecule has 0 saturated carbocycles. The van der Waals surface area contributed by atoms with Crippen LogP contribution in [0.25, 0.3) is 0 Å². The lowest BCUT2D eigenvalue weighted by Gasteiger charge is -2.33. The second-order valence-electron chi connectivity index (χ2n) is 4.77. The highest BCUT2D eigenvalue weighted by Gasteiger charge is 2.21. The SMILES string of the molecule is CC(C)C(=O)C(N)CN1CCN(C)CC1. The average Bonchev–Trinajstić information content (AvgIpc) is 2.20. The molecule has 0 aromatic heterocycles. The number of carbonyl (C=O) groups is 1. The van der Waals surface area contributed by atoms with Crippen LogP contribution in [0, 0.1) is 5.92 Å². The van der Waals surface area contributed by atoms with Gasteiger partial charge in [0, 0.05) is 38.6 Å². The number of Topliss-reactive ketones (excluding diaryl/α,β-unsaturated/α-hetero) is 1. The fraction of sp³-hybridized carbons (Fsp3) is 0.909. The van der Waals surface area contributed by atoms with Crippen molar-refractivity contribution < 1.29 is 4.79 Å². The molecule has 1 aliphatic rings. The maximum absolute atomic E-state index is 11.6. The molecule has 4 heteroatoms. The summed E-state index contributed by atoms with van der Waals surface area (Å²) in [4.78, 5) is 16.2. The number of nitrogens with zero attached hydrogens (tertiary/aromatic N) is 2. The van der Waals surface area contributed by atoms with E-state index in [2.05, 4.69) is 16.8 Å². The summed E-state index contributed by atoms with van der Waals surface area (Å²) in [7, 11) is 2.12. The first-order valence-electron chi connectivity index (χ1n) is 5.71. The van der Waals surface area contributed by atoms with Gasteiger partial charge in [0.25, 0.3) is 0 Å². The predicted octanol–water partition coefficient (Wildman–Crippen LogP) is -0.214. The molecule has 0 bridgehead atoms. The highest BCUT2D eigenvalue weighted by Crippen LogP contribution is 2.03. The molecule has 0 aromatic carbocycles. The highest BCUT2D eigenvalue weighted by molar-refractivity contribution is 5.85. The van der Waals surface area contributed by atoms with Crippen molar-refractivity contribution in [2.45, 2.75) is 19.9 Å². The van der Waals surface area contributed by atoms with E-state index in [1.54, 1.807) is 0 Å². The van der Waals surface area contributed by atoms with Gasteiger partial charge in [0.05, 0.1) is 6.04 Å². The lowest BCUT2D eigenvalue weighted by atomic mass is 10.0. The molecule has 2 N–H and O–H groups in total. The normalized spacial score (nSPS) is 21.9. The quantitative estimate of drug-likeness (QED) is 0.702. The molecule has 1 fully saturated rings. The second kappa shape index (κ2) is 5.58. The van der Waals surface area contributed by atoms with Gasteiger partial charge in [0.1, 0.15) is 0 Å². The van der Waals surface area contributed by atoms with Gasteiger partial charge < -0.3 is 10.6 Å². The van der Waals surface area contributed by atoms with Gasteiger partial charge in [-0.2, -0.15) is 0 Å². The van der Waals surface area contributed by atoms with Crippen molar-refractivity contribution in [3.05, 3.63) is 0 Å². The van der Waals surface area contributed by atoms with Gasteiger partial charge in [0.2, 0.25) is 0 Å². The molecule has 0 amide bonds. The molecule has 1 saturated heterocycles. The van der Waals surface area contributed by atoms with Crippen LogP contribution in [0.2, 0.25) is 0 Å². The molecule has 1 atom stereocenters. The number of hydrogen-bond acceptors (Lipinski definition) is 4. The van der Waals surface area contributed by atoms with Crippen molar-refractivity contribution in [2.24, 2.45) is 11.7 Å². The van der Waals surface area contributed by atoms with Gasteiger partial charge in [-0.3, -0.25) is 9.69 Å². The summed E-state index contributed by atoms with van der Waals surface area (Å²) in [5, 5.41) is 0. The number of rotatable bonds is 4. The Morgan fingerprint density at radius 1 is 1.27 bits per heavy atom. The molecule has 1 heterocycles. The molecule has 88 valence electrons. The van der Waals surface area contributed by atoms with Gasteiger partial charge in [-0.1, -0.05) is 13.8 Å². The van der Waals surface area contributed by atoms with Crippen LogP contribution in [0.4, 0.5) is 0 Å². The van der Waals surface area contributed by atoms with Gasteiger partial charge in [-0.15, -0.1) is 0 Å². The van der Waals surface area contributed by atoms with E-state index in [1.807, 2.05) is 13.8 Å². The Balaban J connectivity index is 2.32. The third-order valence-corrected chi connectivity index (χ3v) is 2.99. The summed E-state index contributed by atoms with van der Waals surface area (Å²) in [5.74, 6) is 0.224. The van der Waals surface area contributed by atoms with Crippen LogP contribution in [-0.4, -0.2) is 61.4 Å². The molecule has 0 aliphatic carbocycles. The van der Waals surface area contributed by atoms with Crippen molar-refractivity contribution >= 4 is 5.78 Å². The van der Waals surface area contributed by atoms with E-state index in [0.29, 0.717) is 6.54 Å². The number of piperazine rings is 1. The number of ketones is 1. The van der Waals surface area contributed by atoms with Crippen LogP contribution in [0.1, 0.15) is 13.8 Å². The average molecular weight is 213 g/mol. The zero-order valence-corrected chi connectivity index (χ0v) is 10.1. The molecule has 15 heavy (non-hydrogen) atoms. The summed E-state index contributed by atoms with van der Waals surface area (Å²) < 4.78 is 0. The smallest absolute Gasteiger partial charge is 0.153 e. The van der Waals surface area contributed by atoms with Gasteiger partial charge in [-0.05, 0) is 7.05 Å². The van der Waals surface area contributed by atoms with E-state index in [-0.39, 0.29) is 17.7 Å². The minimum absolute atomic E-state index is 0.0486. The first kappa shape index (κ1) is 12.6. The number of carbonyl (C=O) groups excluding carboxylic acids is 1. The van der Waals surface area contributed by atoms with Crippen molar-refractivity contribution in [1.82, 2.24) is 9.80 Å². The summed E-state index contributed by atoms with van der Waals surface area (Å²) in [6.07, 6.45) is 0. The monoisotopic (exact) mass is 213 g/mol. The zero-order valence-electron chi connectivity index (χ0n) is 10.1. The molecule has 0 spiro atoms. The third kappa shape index (κ3) is 3.89. The van der Waals surface area contributed by atoms with Gasteiger partial charge in [-0.25, -0.2) is 0 Å². The first-order chi connectivity index (χ1) is 7.00. The lowest BCUT2D eigenvalue weighted by molar-refractivity contribution is -0.123. The Labute approximate surface area is 92.4 Å². The molecular weight excluding hydrogens is 190 g/mol. The van der Waals surface area contributed by atoms with Crippen LogP contribution < -0.4 is 5.73 Å². The second-order valence-corrected chi connectivity index (χ2v) is 4.77. The highest BCUT2D eigenvalue weighted by atomic mass is 16.1. The molecule has 1 aliphatic heterocycles. The summed E-state index contributed by atoms with van der Waals surface area (Å²) in [6.45, 7) is 8.72. The van der Waals surface area contributed by atoms with E-state index in [0.717, 1.165) is 26.2 Å². The summed E-state index contributed by atoms with van der Waals surface area (Å²) in [6, 6.07) is -0.312. The van der Waals surface area contributed by atoms with Crippen LogP contribution in [0.15, 0.2) is 0 Å². The summed E-state index contributed by atoms with van der Waals surface area (Å²) in [5.41, 5.74) is 5.88. The molecular formula is C11H23N3O. The van der Waals surface area contributed by atoms with Crippen LogP contribution >= 0.6 is 0 Å². The van der Waals surface area contributed by atoms with Crippen molar-refractivity contribution in [1.29, 1.82) is 0 Å². The van der Waals surface area contributed by atoms with E-state index in [1.165, 1.54) is 0 Å². The number of likely N-dealkylation sites (N-methyl/N-ethyl adjacent to an activating group) is 1. The van der Waals surface area contributed by atoms with E-state index < -0.39 is 0 Å². The maximum atomic E-state index is 11.6. The minimum Gasteiger partial charge on any atom is -0.320 e. The molecule has 0 aromatic rings. The number of nitrogens with two attached hydrogens (primary N) is 1. The molecule has 1 unspecified atom stereocenters. The lowest BCUT2D eigenvalue weighted by Crippen LogP contribution is -2.51. The van der Waals surface area contributed by atoms with Crippen LogP contribution in [-0.2, 0) is 4.79 Å². The number of hydrogen-bond donors (Lipinski definition) is 1. The van der Waals surface area contributed by atoms with E-state index >= 15 is 0 Å².